The highest BCUT2D eigenvalue weighted by atomic mass is 32.2. The summed E-state index contributed by atoms with van der Waals surface area (Å²) in [5.41, 5.74) is 0.465. The monoisotopic (exact) mass is 561 g/mol. The zero-order chi connectivity index (χ0) is 27.8. The Morgan fingerprint density at radius 1 is 1.16 bits per heavy atom. The van der Waals surface area contributed by atoms with Crippen molar-refractivity contribution < 1.29 is 32.6 Å². The zero-order valence-corrected chi connectivity index (χ0v) is 22.0. The standard InChI is InChI=1S/C26H22F3N3O4S2/c1-14(2)21(24(34)35)31-22(33)20(38-25(31)37)13-19-15(3)30-32(17-9-5-4-6-10-17)23(19)36-18-11-7-8-16(12-18)26(27,28)29/h4-14,21H,1-3H3,(H,34,35)/b20-13-/t21-/m0/s1. The molecule has 0 saturated carbocycles. The molecule has 0 radical (unpaired) electrons. The van der Waals surface area contributed by atoms with Gasteiger partial charge in [-0.05, 0) is 49.2 Å². The molecule has 1 N–H and O–H groups in total. The van der Waals surface area contributed by atoms with Crippen LogP contribution >= 0.6 is 24.0 Å². The Hall–Kier alpha value is -3.64. The maximum Gasteiger partial charge on any atom is 0.416 e. The number of rotatable bonds is 7. The summed E-state index contributed by atoms with van der Waals surface area (Å²) in [5.74, 6) is -2.17. The van der Waals surface area contributed by atoms with Gasteiger partial charge in [0.1, 0.15) is 16.1 Å². The number of ether oxygens (including phenoxy) is 1. The van der Waals surface area contributed by atoms with Gasteiger partial charge in [0.05, 0.1) is 27.4 Å². The summed E-state index contributed by atoms with van der Waals surface area (Å²) in [7, 11) is 0. The molecule has 38 heavy (non-hydrogen) atoms. The molecule has 2 heterocycles. The van der Waals surface area contributed by atoms with E-state index in [1.54, 1.807) is 51.1 Å². The normalized spacial score (nSPS) is 16.0. The number of aromatic nitrogens is 2. The van der Waals surface area contributed by atoms with Crippen molar-refractivity contribution in [1.82, 2.24) is 14.7 Å². The lowest BCUT2D eigenvalue weighted by Gasteiger charge is -2.26. The van der Waals surface area contributed by atoms with Crippen LogP contribution in [0, 0.1) is 12.8 Å². The molecule has 0 spiro atoms. The van der Waals surface area contributed by atoms with Crippen molar-refractivity contribution in [2.75, 3.05) is 0 Å². The Morgan fingerprint density at radius 2 is 1.84 bits per heavy atom. The third-order valence-corrected chi connectivity index (χ3v) is 7.03. The highest BCUT2D eigenvalue weighted by Crippen LogP contribution is 2.40. The number of aryl methyl sites for hydroxylation is 1. The third kappa shape index (κ3) is 5.46. The van der Waals surface area contributed by atoms with E-state index in [2.05, 4.69) is 5.10 Å². The van der Waals surface area contributed by atoms with Gasteiger partial charge in [-0.3, -0.25) is 9.69 Å². The van der Waals surface area contributed by atoms with Gasteiger partial charge in [0.25, 0.3) is 5.91 Å². The zero-order valence-electron chi connectivity index (χ0n) is 20.4. The van der Waals surface area contributed by atoms with Gasteiger partial charge < -0.3 is 9.84 Å². The van der Waals surface area contributed by atoms with Crippen LogP contribution in [0.1, 0.15) is 30.7 Å². The van der Waals surface area contributed by atoms with E-state index in [9.17, 15) is 27.9 Å². The van der Waals surface area contributed by atoms with Crippen molar-refractivity contribution in [3.63, 3.8) is 0 Å². The number of hydrogen-bond acceptors (Lipinski definition) is 6. The molecule has 4 rings (SSSR count). The fourth-order valence-electron chi connectivity index (χ4n) is 3.92. The fourth-order valence-corrected chi connectivity index (χ4v) is 5.23. The molecule has 0 unspecified atom stereocenters. The number of alkyl halides is 3. The van der Waals surface area contributed by atoms with Crippen molar-refractivity contribution in [3.05, 3.63) is 76.3 Å². The second-order valence-electron chi connectivity index (χ2n) is 8.76. The molecule has 198 valence electrons. The third-order valence-electron chi connectivity index (χ3n) is 5.70. The Balaban J connectivity index is 1.82. The average molecular weight is 562 g/mol. The smallest absolute Gasteiger partial charge is 0.416 e. The van der Waals surface area contributed by atoms with Crippen LogP contribution in [0.5, 0.6) is 11.6 Å². The van der Waals surface area contributed by atoms with E-state index >= 15 is 0 Å². The average Bonchev–Trinajstić information content (AvgIpc) is 3.30. The maximum absolute atomic E-state index is 13.3. The van der Waals surface area contributed by atoms with Gasteiger partial charge >= 0.3 is 12.1 Å². The number of carboxylic acid groups (broad SMARTS) is 1. The van der Waals surface area contributed by atoms with E-state index in [-0.39, 0.29) is 20.9 Å². The maximum atomic E-state index is 13.3. The molecule has 3 aromatic rings. The van der Waals surface area contributed by atoms with Crippen LogP contribution in [0.15, 0.2) is 59.5 Å². The molecular weight excluding hydrogens is 539 g/mol. The number of halogens is 3. The molecule has 1 aliphatic rings. The second-order valence-corrected chi connectivity index (χ2v) is 10.4. The summed E-state index contributed by atoms with van der Waals surface area (Å²) in [6.07, 6.45) is -3.09. The minimum Gasteiger partial charge on any atom is -0.480 e. The van der Waals surface area contributed by atoms with Gasteiger partial charge in [0.15, 0.2) is 0 Å². The summed E-state index contributed by atoms with van der Waals surface area (Å²) < 4.78 is 47.4. The number of nitrogens with zero attached hydrogens (tertiary/aromatic N) is 3. The molecule has 0 aliphatic carbocycles. The van der Waals surface area contributed by atoms with Crippen LogP contribution in [-0.2, 0) is 15.8 Å². The molecule has 1 amide bonds. The lowest BCUT2D eigenvalue weighted by molar-refractivity contribution is -0.146. The summed E-state index contributed by atoms with van der Waals surface area (Å²) in [6, 6.07) is 12.1. The number of thioether (sulfide) groups is 1. The van der Waals surface area contributed by atoms with Crippen molar-refractivity contribution in [3.8, 4) is 17.3 Å². The molecular formula is C26H22F3N3O4S2. The van der Waals surface area contributed by atoms with Crippen LogP contribution in [0.2, 0.25) is 0 Å². The Labute approximate surface area is 225 Å². The van der Waals surface area contributed by atoms with Gasteiger partial charge in [-0.15, -0.1) is 0 Å². The number of carbonyl (C=O) groups is 2. The molecule has 12 heteroatoms. The number of aliphatic carboxylic acids is 1. The van der Waals surface area contributed by atoms with Crippen molar-refractivity contribution in [2.24, 2.45) is 5.92 Å². The van der Waals surface area contributed by atoms with Crippen molar-refractivity contribution in [1.29, 1.82) is 0 Å². The molecule has 0 bridgehead atoms. The first-order valence-corrected chi connectivity index (χ1v) is 12.6. The molecule has 1 aromatic heterocycles. The first-order valence-electron chi connectivity index (χ1n) is 11.4. The summed E-state index contributed by atoms with van der Waals surface area (Å²) in [5, 5.41) is 14.2. The quantitative estimate of drug-likeness (QED) is 0.268. The number of carboxylic acids is 1. The molecule has 1 fully saturated rings. The summed E-state index contributed by atoms with van der Waals surface area (Å²) >= 11 is 6.27. The summed E-state index contributed by atoms with van der Waals surface area (Å²) in [6.45, 7) is 5.02. The minimum atomic E-state index is -4.57. The molecule has 7 nitrogen and oxygen atoms in total. The van der Waals surface area contributed by atoms with E-state index < -0.39 is 35.6 Å². The van der Waals surface area contributed by atoms with Gasteiger partial charge in [-0.1, -0.05) is 62.1 Å². The SMILES string of the molecule is Cc1nn(-c2ccccc2)c(Oc2cccc(C(F)(F)F)c2)c1/C=C1\SC(=S)N([C@H](C(=O)O)C(C)C)C1=O. The topological polar surface area (TPSA) is 84.7 Å². The molecule has 1 saturated heterocycles. The molecule has 1 aliphatic heterocycles. The lowest BCUT2D eigenvalue weighted by atomic mass is 10.0. The van der Waals surface area contributed by atoms with Gasteiger partial charge in [-0.25, -0.2) is 4.79 Å². The number of amides is 1. The van der Waals surface area contributed by atoms with Gasteiger partial charge in [0.2, 0.25) is 5.88 Å². The van der Waals surface area contributed by atoms with Crippen LogP contribution in [0.25, 0.3) is 11.8 Å². The highest BCUT2D eigenvalue weighted by molar-refractivity contribution is 8.26. The molecule has 2 aromatic carbocycles. The van der Waals surface area contributed by atoms with E-state index in [1.807, 2.05) is 0 Å². The van der Waals surface area contributed by atoms with Crippen LogP contribution in [0.4, 0.5) is 13.2 Å². The number of thiocarbonyl (C=S) groups is 1. The summed E-state index contributed by atoms with van der Waals surface area (Å²) in [4.78, 5) is 26.4. The van der Waals surface area contributed by atoms with Crippen LogP contribution in [0.3, 0.4) is 0 Å². The number of hydrogen-bond donors (Lipinski definition) is 1. The highest BCUT2D eigenvalue weighted by Gasteiger charge is 2.42. The Bertz CT molecular complexity index is 1440. The number of benzene rings is 2. The largest absolute Gasteiger partial charge is 0.480 e. The van der Waals surface area contributed by atoms with E-state index in [0.717, 1.165) is 28.8 Å². The van der Waals surface area contributed by atoms with Crippen LogP contribution < -0.4 is 4.74 Å². The number of carbonyl (C=O) groups excluding carboxylic acids is 1. The Kier molecular flexibility index (Phi) is 7.65. The minimum absolute atomic E-state index is 0.0788. The van der Waals surface area contributed by atoms with Gasteiger partial charge in [-0.2, -0.15) is 23.0 Å². The van der Waals surface area contributed by atoms with E-state index in [4.69, 9.17) is 17.0 Å². The van der Waals surface area contributed by atoms with Crippen molar-refractivity contribution >= 4 is 46.3 Å². The van der Waals surface area contributed by atoms with Crippen molar-refractivity contribution in [2.45, 2.75) is 33.0 Å². The predicted molar refractivity (Wildman–Crippen MR) is 141 cm³/mol. The number of para-hydroxylation sites is 1. The van der Waals surface area contributed by atoms with E-state index in [0.29, 0.717) is 16.9 Å². The lowest BCUT2D eigenvalue weighted by Crippen LogP contribution is -2.47. The molecule has 1 atom stereocenters. The second kappa shape index (κ2) is 10.6. The Morgan fingerprint density at radius 3 is 2.45 bits per heavy atom. The first kappa shape index (κ1) is 27.4. The fraction of sp³-hybridized carbons (Fsp3) is 0.231. The van der Waals surface area contributed by atoms with Crippen LogP contribution in [-0.4, -0.2) is 42.0 Å². The van der Waals surface area contributed by atoms with E-state index in [1.165, 1.54) is 22.9 Å². The van der Waals surface area contributed by atoms with Gasteiger partial charge in [0, 0.05) is 0 Å². The predicted octanol–water partition coefficient (Wildman–Crippen LogP) is 6.30. The first-order chi connectivity index (χ1) is 17.9.